The minimum absolute atomic E-state index is 0.00689. The molecular formula is C23H20N6O4S. The number of ether oxygens (including phenoxy) is 1. The van der Waals surface area contributed by atoms with Crippen LogP contribution in [0.2, 0.25) is 0 Å². The molecular weight excluding hydrogens is 456 g/mol. The third-order valence-electron chi connectivity index (χ3n) is 4.90. The van der Waals surface area contributed by atoms with E-state index in [2.05, 4.69) is 14.8 Å². The molecule has 0 radical (unpaired) electrons. The van der Waals surface area contributed by atoms with Crippen molar-refractivity contribution >= 4 is 33.8 Å². The van der Waals surface area contributed by atoms with Gasteiger partial charge in [-0.1, -0.05) is 18.2 Å². The SMILES string of the molecule is CCOC=NC1=C(C#N)CC(=O)N1c1ccc(S(=O)(=O)Nc2ccnn2-c2ccccc2)cc1. The van der Waals surface area contributed by atoms with Gasteiger partial charge in [0, 0.05) is 6.07 Å². The number of nitrogens with one attached hydrogen (secondary N) is 1. The van der Waals surface area contributed by atoms with Gasteiger partial charge in [-0.05, 0) is 43.3 Å². The summed E-state index contributed by atoms with van der Waals surface area (Å²) in [4.78, 5) is 17.9. The molecule has 1 aliphatic heterocycles. The molecule has 0 spiro atoms. The summed E-state index contributed by atoms with van der Waals surface area (Å²) in [6.07, 6.45) is 2.58. The van der Waals surface area contributed by atoms with Gasteiger partial charge in [0.2, 0.25) is 5.91 Å². The van der Waals surface area contributed by atoms with Gasteiger partial charge in [-0.2, -0.15) is 10.4 Å². The van der Waals surface area contributed by atoms with Gasteiger partial charge in [0.05, 0.1) is 47.1 Å². The molecule has 4 rings (SSSR count). The lowest BCUT2D eigenvalue weighted by atomic mass is 10.2. The highest BCUT2D eigenvalue weighted by Gasteiger charge is 2.32. The van der Waals surface area contributed by atoms with Crippen LogP contribution in [0, 0.1) is 11.3 Å². The van der Waals surface area contributed by atoms with Crippen LogP contribution in [0.15, 0.2) is 88.1 Å². The molecule has 3 aromatic rings. The lowest BCUT2D eigenvalue weighted by Gasteiger charge is -2.18. The van der Waals surface area contributed by atoms with Crippen molar-refractivity contribution in [2.75, 3.05) is 16.2 Å². The van der Waals surface area contributed by atoms with Gasteiger partial charge in [-0.3, -0.25) is 14.4 Å². The van der Waals surface area contributed by atoms with Crippen molar-refractivity contribution in [2.45, 2.75) is 18.2 Å². The van der Waals surface area contributed by atoms with Crippen LogP contribution in [0.25, 0.3) is 5.69 Å². The maximum atomic E-state index is 13.0. The molecule has 1 aromatic heterocycles. The molecule has 0 saturated carbocycles. The van der Waals surface area contributed by atoms with Crippen LogP contribution in [0.3, 0.4) is 0 Å². The Balaban J connectivity index is 1.59. The zero-order chi connectivity index (χ0) is 24.1. The molecule has 1 amide bonds. The van der Waals surface area contributed by atoms with Crippen LogP contribution in [-0.4, -0.2) is 37.1 Å². The Labute approximate surface area is 196 Å². The van der Waals surface area contributed by atoms with Crippen molar-refractivity contribution in [3.8, 4) is 11.8 Å². The standard InChI is InChI=1S/C23H20N6O4S/c1-2-33-16-25-23-17(15-24)14-22(30)28(23)18-8-10-20(11-9-18)34(31,32)27-21-12-13-26-29(21)19-6-4-3-5-7-19/h3-13,16,27H,2,14H2,1H3. The zero-order valence-electron chi connectivity index (χ0n) is 18.1. The first kappa shape index (κ1) is 22.8. The van der Waals surface area contributed by atoms with Crippen LogP contribution < -0.4 is 9.62 Å². The van der Waals surface area contributed by atoms with E-state index in [1.807, 2.05) is 24.3 Å². The molecule has 0 aliphatic carbocycles. The van der Waals surface area contributed by atoms with E-state index in [0.29, 0.717) is 18.0 Å². The van der Waals surface area contributed by atoms with E-state index in [-0.39, 0.29) is 34.4 Å². The molecule has 172 valence electrons. The van der Waals surface area contributed by atoms with Crippen molar-refractivity contribution in [2.24, 2.45) is 4.99 Å². The van der Waals surface area contributed by atoms with E-state index in [9.17, 15) is 18.5 Å². The summed E-state index contributed by atoms with van der Waals surface area (Å²) in [7, 11) is -3.94. The van der Waals surface area contributed by atoms with Crippen LogP contribution in [0.1, 0.15) is 13.3 Å². The Morgan fingerprint density at radius 1 is 1.15 bits per heavy atom. The predicted octanol–water partition coefficient (Wildman–Crippen LogP) is 3.21. The summed E-state index contributed by atoms with van der Waals surface area (Å²) in [6, 6.07) is 18.4. The van der Waals surface area contributed by atoms with E-state index in [1.54, 1.807) is 25.1 Å². The molecule has 0 bridgehead atoms. The van der Waals surface area contributed by atoms with Crippen molar-refractivity contribution in [1.29, 1.82) is 5.26 Å². The van der Waals surface area contributed by atoms with Crippen molar-refractivity contribution in [3.05, 3.63) is 78.3 Å². The van der Waals surface area contributed by atoms with Crippen LogP contribution in [0.5, 0.6) is 0 Å². The molecule has 0 atom stereocenters. The Hall–Kier alpha value is -4.43. The average Bonchev–Trinajstić information content (AvgIpc) is 3.43. The molecule has 0 unspecified atom stereocenters. The molecule has 10 nitrogen and oxygen atoms in total. The van der Waals surface area contributed by atoms with E-state index in [0.717, 1.165) is 0 Å². The Morgan fingerprint density at radius 2 is 1.88 bits per heavy atom. The van der Waals surface area contributed by atoms with Crippen molar-refractivity contribution in [3.63, 3.8) is 0 Å². The smallest absolute Gasteiger partial charge is 0.263 e. The third kappa shape index (κ3) is 4.53. The first-order valence-corrected chi connectivity index (χ1v) is 11.8. The highest BCUT2D eigenvalue weighted by atomic mass is 32.2. The second-order valence-electron chi connectivity index (χ2n) is 7.07. The van der Waals surface area contributed by atoms with E-state index in [1.165, 1.54) is 46.4 Å². The summed E-state index contributed by atoms with van der Waals surface area (Å²) in [5, 5.41) is 13.5. The first-order chi connectivity index (χ1) is 16.4. The fraction of sp³-hybridized carbons (Fsp3) is 0.130. The van der Waals surface area contributed by atoms with Gasteiger partial charge in [0.15, 0.2) is 12.2 Å². The average molecular weight is 477 g/mol. The largest absolute Gasteiger partial charge is 0.483 e. The number of sulfonamides is 1. The number of amides is 1. The number of benzene rings is 2. The summed E-state index contributed by atoms with van der Waals surface area (Å²) in [5.41, 5.74) is 1.29. The first-order valence-electron chi connectivity index (χ1n) is 10.3. The van der Waals surface area contributed by atoms with E-state index < -0.39 is 10.0 Å². The fourth-order valence-electron chi connectivity index (χ4n) is 3.34. The van der Waals surface area contributed by atoms with Crippen molar-refractivity contribution < 1.29 is 17.9 Å². The maximum Gasteiger partial charge on any atom is 0.263 e. The molecule has 1 aliphatic rings. The van der Waals surface area contributed by atoms with Gasteiger partial charge < -0.3 is 4.74 Å². The number of nitriles is 1. The fourth-order valence-corrected chi connectivity index (χ4v) is 4.38. The number of para-hydroxylation sites is 1. The number of carbonyl (C=O) groups is 1. The molecule has 1 N–H and O–H groups in total. The van der Waals surface area contributed by atoms with Crippen LogP contribution in [-0.2, 0) is 19.6 Å². The number of hydrogen-bond acceptors (Lipinski definition) is 7. The molecule has 11 heteroatoms. The van der Waals surface area contributed by atoms with Gasteiger partial charge in [-0.15, -0.1) is 0 Å². The third-order valence-corrected chi connectivity index (χ3v) is 6.27. The molecule has 2 aromatic carbocycles. The molecule has 0 fully saturated rings. The molecule has 34 heavy (non-hydrogen) atoms. The number of carbonyl (C=O) groups excluding carboxylic acids is 1. The Kier molecular flexibility index (Phi) is 6.42. The lowest BCUT2D eigenvalue weighted by molar-refractivity contribution is -0.116. The number of anilines is 2. The molecule has 0 saturated heterocycles. The van der Waals surface area contributed by atoms with Crippen LogP contribution >= 0.6 is 0 Å². The highest BCUT2D eigenvalue weighted by Crippen LogP contribution is 2.31. The van der Waals surface area contributed by atoms with E-state index >= 15 is 0 Å². The normalized spacial score (nSPS) is 14.0. The van der Waals surface area contributed by atoms with Gasteiger partial charge in [0.25, 0.3) is 10.0 Å². The lowest BCUT2D eigenvalue weighted by Crippen LogP contribution is -2.24. The van der Waals surface area contributed by atoms with Crippen LogP contribution in [0.4, 0.5) is 11.5 Å². The number of rotatable bonds is 8. The summed E-state index contributed by atoms with van der Waals surface area (Å²) < 4.78 is 35.1. The minimum atomic E-state index is -3.94. The number of aliphatic imine (C=N–C) groups is 1. The van der Waals surface area contributed by atoms with E-state index in [4.69, 9.17) is 4.74 Å². The summed E-state index contributed by atoms with van der Waals surface area (Å²) in [5.74, 6) is 0.0845. The Morgan fingerprint density at radius 3 is 2.56 bits per heavy atom. The maximum absolute atomic E-state index is 13.0. The van der Waals surface area contributed by atoms with Gasteiger partial charge in [0.1, 0.15) is 5.82 Å². The number of hydrogen-bond donors (Lipinski definition) is 1. The monoisotopic (exact) mass is 476 g/mol. The second kappa shape index (κ2) is 9.60. The van der Waals surface area contributed by atoms with Crippen molar-refractivity contribution in [1.82, 2.24) is 9.78 Å². The predicted molar refractivity (Wildman–Crippen MR) is 126 cm³/mol. The zero-order valence-corrected chi connectivity index (χ0v) is 18.9. The highest BCUT2D eigenvalue weighted by molar-refractivity contribution is 7.92. The van der Waals surface area contributed by atoms with Gasteiger partial charge in [-0.25, -0.2) is 18.1 Å². The quantitative estimate of drug-likeness (QED) is 0.393. The number of nitrogens with zero attached hydrogens (tertiary/aromatic N) is 5. The number of aromatic nitrogens is 2. The second-order valence-corrected chi connectivity index (χ2v) is 8.76. The summed E-state index contributed by atoms with van der Waals surface area (Å²) in [6.45, 7) is 2.17. The summed E-state index contributed by atoms with van der Waals surface area (Å²) >= 11 is 0. The Bertz CT molecular complexity index is 1400. The minimum Gasteiger partial charge on any atom is -0.483 e. The van der Waals surface area contributed by atoms with Gasteiger partial charge >= 0.3 is 0 Å². The topological polar surface area (TPSA) is 130 Å². The molecule has 2 heterocycles.